The summed E-state index contributed by atoms with van der Waals surface area (Å²) in [6, 6.07) is 7.95. The predicted molar refractivity (Wildman–Crippen MR) is 122 cm³/mol. The Bertz CT molecular complexity index is 1240. The van der Waals surface area contributed by atoms with Crippen LogP contribution in [0.3, 0.4) is 0 Å². The van der Waals surface area contributed by atoms with E-state index in [2.05, 4.69) is 17.1 Å². The monoisotopic (exact) mass is 449 g/mol. The van der Waals surface area contributed by atoms with E-state index in [9.17, 15) is 4.79 Å². The number of ether oxygens (including phenoxy) is 4. The van der Waals surface area contributed by atoms with Gasteiger partial charge in [-0.2, -0.15) is 0 Å². The van der Waals surface area contributed by atoms with Crippen LogP contribution >= 0.6 is 0 Å². The van der Waals surface area contributed by atoms with E-state index in [4.69, 9.17) is 23.9 Å². The molecule has 5 rings (SSSR count). The van der Waals surface area contributed by atoms with Crippen molar-refractivity contribution in [3.63, 3.8) is 0 Å². The van der Waals surface area contributed by atoms with E-state index in [1.54, 1.807) is 32.7 Å². The van der Waals surface area contributed by atoms with Crippen molar-refractivity contribution in [3.05, 3.63) is 59.5 Å². The van der Waals surface area contributed by atoms with Gasteiger partial charge in [0.05, 0.1) is 48.7 Å². The van der Waals surface area contributed by atoms with E-state index >= 15 is 0 Å². The van der Waals surface area contributed by atoms with Crippen LogP contribution in [-0.2, 0) is 24.5 Å². The van der Waals surface area contributed by atoms with Crippen molar-refractivity contribution < 1.29 is 23.7 Å². The molecule has 33 heavy (non-hydrogen) atoms. The minimum atomic E-state index is -0.557. The highest BCUT2D eigenvalue weighted by Crippen LogP contribution is 2.37. The van der Waals surface area contributed by atoms with Gasteiger partial charge in [-0.3, -0.25) is 4.40 Å². The summed E-state index contributed by atoms with van der Waals surface area (Å²) in [4.78, 5) is 21.8. The molecule has 8 heteroatoms. The van der Waals surface area contributed by atoms with Crippen LogP contribution in [0.1, 0.15) is 47.2 Å². The van der Waals surface area contributed by atoms with E-state index in [1.165, 1.54) is 0 Å². The molecule has 1 fully saturated rings. The Morgan fingerprint density at radius 2 is 2.12 bits per heavy atom. The first-order valence-electron chi connectivity index (χ1n) is 11.2. The van der Waals surface area contributed by atoms with Gasteiger partial charge in [0.1, 0.15) is 11.9 Å². The van der Waals surface area contributed by atoms with Crippen molar-refractivity contribution in [1.29, 1.82) is 0 Å². The molecule has 2 aliphatic heterocycles. The number of methoxy groups -OCH3 is 1. The van der Waals surface area contributed by atoms with Gasteiger partial charge in [-0.25, -0.2) is 14.8 Å². The van der Waals surface area contributed by atoms with Gasteiger partial charge in [-0.1, -0.05) is 0 Å². The number of hydrogen-bond donors (Lipinski definition) is 0. The highest BCUT2D eigenvalue weighted by Gasteiger charge is 2.38. The van der Waals surface area contributed by atoms with Gasteiger partial charge in [0.25, 0.3) is 0 Å². The van der Waals surface area contributed by atoms with Crippen LogP contribution in [0, 0.1) is 6.92 Å². The zero-order valence-electron chi connectivity index (χ0n) is 19.1. The zero-order chi connectivity index (χ0) is 23.0. The lowest BCUT2D eigenvalue weighted by Gasteiger charge is -2.26. The number of fused-ring (bicyclic) bond motifs is 1. The fourth-order valence-corrected chi connectivity index (χ4v) is 4.50. The number of nitrogens with zero attached hydrogens (tertiary/aromatic N) is 3. The van der Waals surface area contributed by atoms with Gasteiger partial charge in [0.15, 0.2) is 5.69 Å². The molecule has 0 aliphatic carbocycles. The Morgan fingerprint density at radius 3 is 2.82 bits per heavy atom. The number of pyridine rings is 1. The van der Waals surface area contributed by atoms with Gasteiger partial charge >= 0.3 is 5.97 Å². The molecule has 3 aromatic heterocycles. The van der Waals surface area contributed by atoms with Crippen molar-refractivity contribution in [2.75, 3.05) is 33.5 Å². The lowest BCUT2D eigenvalue weighted by atomic mass is 9.95. The number of aryl methyl sites for hydroxylation is 1. The first kappa shape index (κ1) is 21.6. The summed E-state index contributed by atoms with van der Waals surface area (Å²) >= 11 is 0. The van der Waals surface area contributed by atoms with Crippen molar-refractivity contribution in [1.82, 2.24) is 14.4 Å². The van der Waals surface area contributed by atoms with Gasteiger partial charge in [-0.05, 0) is 43.7 Å². The molecule has 0 amide bonds. The van der Waals surface area contributed by atoms with E-state index in [0.717, 1.165) is 52.1 Å². The maximum absolute atomic E-state index is 12.4. The zero-order valence-corrected chi connectivity index (χ0v) is 19.1. The van der Waals surface area contributed by atoms with Gasteiger partial charge in [0.2, 0.25) is 0 Å². The minimum Gasteiger partial charge on any atom is -0.500 e. The molecule has 0 spiro atoms. The molecule has 5 heterocycles. The van der Waals surface area contributed by atoms with Crippen LogP contribution in [0.4, 0.5) is 0 Å². The van der Waals surface area contributed by atoms with Gasteiger partial charge < -0.3 is 18.9 Å². The third-order valence-corrected chi connectivity index (χ3v) is 6.28. The average molecular weight is 450 g/mol. The molecular formula is C25H27N3O5. The summed E-state index contributed by atoms with van der Waals surface area (Å²) in [7, 11) is 1.70. The topological polar surface area (TPSA) is 84.2 Å². The summed E-state index contributed by atoms with van der Waals surface area (Å²) in [6.45, 7) is 5.88. The molecule has 0 saturated carbocycles. The Kier molecular flexibility index (Phi) is 5.64. The van der Waals surface area contributed by atoms with E-state index < -0.39 is 11.6 Å². The standard InChI is InChI=1S/C25H27N3O5/c1-4-33-24(29)20-12-22-18(11-21(28(22)15-26-20)17-5-7-31-13-17)19-9-16(2)10-23(27-19)25(30-3)6-8-32-14-25/h9-13,15H,4-8,14H2,1-3H3/t25-/m0/s1. The third-order valence-electron chi connectivity index (χ3n) is 6.28. The average Bonchev–Trinajstić information content (AvgIpc) is 3.58. The molecule has 8 nitrogen and oxygen atoms in total. The van der Waals surface area contributed by atoms with Crippen LogP contribution in [-0.4, -0.2) is 53.9 Å². The van der Waals surface area contributed by atoms with Crippen LogP contribution in [0.15, 0.2) is 36.9 Å². The molecule has 172 valence electrons. The van der Waals surface area contributed by atoms with Crippen molar-refractivity contribution in [2.24, 2.45) is 0 Å². The lowest BCUT2D eigenvalue weighted by molar-refractivity contribution is -0.0245. The van der Waals surface area contributed by atoms with Gasteiger partial charge in [0, 0.05) is 37.7 Å². The first-order valence-corrected chi connectivity index (χ1v) is 11.2. The summed E-state index contributed by atoms with van der Waals surface area (Å²) in [5.41, 5.74) is 6.20. The largest absolute Gasteiger partial charge is 0.500 e. The normalized spacial score (nSPS) is 20.2. The van der Waals surface area contributed by atoms with Crippen LogP contribution in [0.5, 0.6) is 0 Å². The molecule has 3 aromatic rings. The quantitative estimate of drug-likeness (QED) is 0.528. The number of rotatable bonds is 6. The van der Waals surface area contributed by atoms with Crippen LogP contribution < -0.4 is 0 Å². The Labute approximate surface area is 192 Å². The SMILES string of the molecule is CCOC(=O)c1cc2c(-c3cc(C)cc([C@]4(OC)CCOC4)n3)cc(C3=COCC3)n2cn1. The predicted octanol–water partition coefficient (Wildman–Crippen LogP) is 3.90. The fourth-order valence-electron chi connectivity index (χ4n) is 4.50. The van der Waals surface area contributed by atoms with Crippen molar-refractivity contribution >= 4 is 17.1 Å². The Morgan fingerprint density at radius 1 is 1.24 bits per heavy atom. The maximum Gasteiger partial charge on any atom is 0.357 e. The number of esters is 1. The highest BCUT2D eigenvalue weighted by molar-refractivity contribution is 5.92. The molecule has 1 saturated heterocycles. The molecule has 0 N–H and O–H groups in total. The van der Waals surface area contributed by atoms with E-state index in [0.29, 0.717) is 26.4 Å². The molecule has 2 aliphatic rings. The number of hydrogen-bond acceptors (Lipinski definition) is 7. The summed E-state index contributed by atoms with van der Waals surface area (Å²) in [5, 5.41) is 0. The Balaban J connectivity index is 1.70. The maximum atomic E-state index is 12.4. The summed E-state index contributed by atoms with van der Waals surface area (Å²) in [5.74, 6) is -0.448. The third kappa shape index (κ3) is 3.79. The number of aromatic nitrogens is 3. The number of carbonyl (C=O) groups is 1. The molecule has 0 bridgehead atoms. The minimum absolute atomic E-state index is 0.261. The first-order chi connectivity index (χ1) is 16.0. The summed E-state index contributed by atoms with van der Waals surface area (Å²) in [6.07, 6.45) is 5.01. The Hall–Kier alpha value is -3.23. The lowest BCUT2D eigenvalue weighted by Crippen LogP contribution is -2.30. The molecule has 0 radical (unpaired) electrons. The second kappa shape index (κ2) is 8.61. The highest BCUT2D eigenvalue weighted by atomic mass is 16.6. The van der Waals surface area contributed by atoms with E-state index in [1.807, 2.05) is 17.4 Å². The van der Waals surface area contributed by atoms with Crippen molar-refractivity contribution in [2.45, 2.75) is 32.3 Å². The molecule has 0 unspecified atom stereocenters. The second-order valence-electron chi connectivity index (χ2n) is 8.37. The second-order valence-corrected chi connectivity index (χ2v) is 8.37. The molecule has 1 atom stereocenters. The molecule has 0 aromatic carbocycles. The fraction of sp³-hybridized carbons (Fsp3) is 0.400. The van der Waals surface area contributed by atoms with Gasteiger partial charge in [-0.15, -0.1) is 0 Å². The smallest absolute Gasteiger partial charge is 0.357 e. The number of carbonyl (C=O) groups excluding carboxylic acids is 1. The van der Waals surface area contributed by atoms with Crippen molar-refractivity contribution in [3.8, 4) is 11.3 Å². The van der Waals surface area contributed by atoms with E-state index in [-0.39, 0.29) is 5.69 Å². The van der Waals surface area contributed by atoms with Crippen LogP contribution in [0.25, 0.3) is 22.3 Å². The van der Waals surface area contributed by atoms with Crippen LogP contribution in [0.2, 0.25) is 0 Å². The summed E-state index contributed by atoms with van der Waals surface area (Å²) < 4.78 is 24.2. The molecular weight excluding hydrogens is 422 g/mol.